The van der Waals surface area contributed by atoms with Gasteiger partial charge < -0.3 is 16.4 Å². The molecule has 7 heteroatoms. The molecule has 0 aliphatic carbocycles. The van der Waals surface area contributed by atoms with Crippen molar-refractivity contribution in [2.45, 2.75) is 58.5 Å². The third kappa shape index (κ3) is 9.56. The molecule has 7 nitrogen and oxygen atoms in total. The maximum atomic E-state index is 12.8. The summed E-state index contributed by atoms with van der Waals surface area (Å²) in [5.41, 5.74) is 7.22. The zero-order chi connectivity index (χ0) is 24.4. The summed E-state index contributed by atoms with van der Waals surface area (Å²) < 4.78 is 0. The predicted octanol–water partition coefficient (Wildman–Crippen LogP) is 2.32. The summed E-state index contributed by atoms with van der Waals surface area (Å²) in [6.07, 6.45) is 2.47. The van der Waals surface area contributed by atoms with E-state index in [2.05, 4.69) is 27.5 Å². The normalized spacial score (nSPS) is 12.6. The van der Waals surface area contributed by atoms with Crippen LogP contribution < -0.4 is 16.4 Å². The Morgan fingerprint density at radius 3 is 2.33 bits per heavy atom. The predicted molar refractivity (Wildman–Crippen MR) is 128 cm³/mol. The maximum Gasteiger partial charge on any atom is 0.243 e. The molecule has 1 heterocycles. The molecule has 2 atom stereocenters. The number of amides is 3. The van der Waals surface area contributed by atoms with Crippen LogP contribution >= 0.6 is 0 Å². The van der Waals surface area contributed by atoms with E-state index in [4.69, 9.17) is 5.73 Å². The first-order valence-electron chi connectivity index (χ1n) is 11.0. The molecular formula is C26H32N4O3. The van der Waals surface area contributed by atoms with Crippen LogP contribution in [0.5, 0.6) is 0 Å². The lowest BCUT2D eigenvalue weighted by atomic mass is 10.0. The van der Waals surface area contributed by atoms with Crippen molar-refractivity contribution in [2.75, 3.05) is 0 Å². The second-order valence-electron chi connectivity index (χ2n) is 9.07. The van der Waals surface area contributed by atoms with E-state index in [1.165, 1.54) is 0 Å². The second kappa shape index (κ2) is 11.8. The zero-order valence-corrected chi connectivity index (χ0v) is 19.6. The second-order valence-corrected chi connectivity index (χ2v) is 9.07. The lowest BCUT2D eigenvalue weighted by molar-refractivity contribution is -0.130. The number of benzene rings is 1. The summed E-state index contributed by atoms with van der Waals surface area (Å²) in [7, 11) is 0. The van der Waals surface area contributed by atoms with Gasteiger partial charge in [-0.1, -0.05) is 31.0 Å². The van der Waals surface area contributed by atoms with Crippen LogP contribution in [0, 0.1) is 17.8 Å². The topological polar surface area (TPSA) is 114 Å². The molecule has 0 aliphatic rings. The smallest absolute Gasteiger partial charge is 0.243 e. The molecule has 4 N–H and O–H groups in total. The molecule has 0 fully saturated rings. The minimum absolute atomic E-state index is 0.117. The molecule has 2 unspecified atom stereocenters. The van der Waals surface area contributed by atoms with Gasteiger partial charge in [-0.2, -0.15) is 0 Å². The number of nitrogens with zero attached hydrogens (tertiary/aromatic N) is 1. The molecule has 2 rings (SSSR count). The number of primary amides is 1. The van der Waals surface area contributed by atoms with Crippen molar-refractivity contribution in [1.29, 1.82) is 0 Å². The lowest BCUT2D eigenvalue weighted by Gasteiger charge is -2.26. The van der Waals surface area contributed by atoms with Crippen molar-refractivity contribution in [2.24, 2.45) is 11.7 Å². The van der Waals surface area contributed by atoms with E-state index in [9.17, 15) is 14.4 Å². The fourth-order valence-electron chi connectivity index (χ4n) is 2.96. The Kier molecular flexibility index (Phi) is 9.17. The van der Waals surface area contributed by atoms with Crippen molar-refractivity contribution < 1.29 is 14.4 Å². The molecule has 1 aromatic carbocycles. The monoisotopic (exact) mass is 448 g/mol. The quantitative estimate of drug-likeness (QED) is 0.538. The molecule has 3 amide bonds. The van der Waals surface area contributed by atoms with E-state index in [1.54, 1.807) is 13.1 Å². The van der Waals surface area contributed by atoms with Crippen molar-refractivity contribution in [3.05, 3.63) is 65.5 Å². The Morgan fingerprint density at radius 2 is 1.76 bits per heavy atom. The maximum absolute atomic E-state index is 12.8. The first kappa shape index (κ1) is 25.6. The summed E-state index contributed by atoms with van der Waals surface area (Å²) in [5, 5.41) is 5.72. The van der Waals surface area contributed by atoms with Crippen LogP contribution in [0.15, 0.2) is 48.7 Å². The van der Waals surface area contributed by atoms with Gasteiger partial charge in [-0.25, -0.2) is 4.98 Å². The Labute approximate surface area is 195 Å². The van der Waals surface area contributed by atoms with Gasteiger partial charge in [0.15, 0.2) is 0 Å². The first-order chi connectivity index (χ1) is 15.5. The van der Waals surface area contributed by atoms with Gasteiger partial charge in [-0.3, -0.25) is 14.4 Å². The van der Waals surface area contributed by atoms with Crippen molar-refractivity contribution >= 4 is 17.7 Å². The standard InChI is InChI=1S/C26H32N4O3/c1-18(24(27)32)8-15-23(31)29-22(25(33)30-26(2,3)4)17-20-11-9-19(10-12-20)13-14-21-7-5-6-16-28-21/h5-7,9-12,16,18,22H,8,15,17H2,1-4H3,(H2,27,32)(H,29,31)(H,30,33). The molecule has 174 valence electrons. The van der Waals surface area contributed by atoms with Gasteiger partial charge in [0.1, 0.15) is 11.7 Å². The number of nitrogens with two attached hydrogens (primary N) is 1. The van der Waals surface area contributed by atoms with Crippen LogP contribution in [0.4, 0.5) is 0 Å². The Morgan fingerprint density at radius 1 is 1.06 bits per heavy atom. The molecule has 0 bridgehead atoms. The highest BCUT2D eigenvalue weighted by Crippen LogP contribution is 2.10. The molecule has 33 heavy (non-hydrogen) atoms. The van der Waals surface area contributed by atoms with Crippen LogP contribution in [0.3, 0.4) is 0 Å². The number of hydrogen-bond donors (Lipinski definition) is 3. The van der Waals surface area contributed by atoms with Crippen molar-refractivity contribution in [3.8, 4) is 11.8 Å². The summed E-state index contributed by atoms with van der Waals surface area (Å²) >= 11 is 0. The van der Waals surface area contributed by atoms with Crippen LogP contribution in [-0.2, 0) is 20.8 Å². The van der Waals surface area contributed by atoms with E-state index < -0.39 is 23.4 Å². The summed E-state index contributed by atoms with van der Waals surface area (Å²) in [4.78, 5) is 40.7. The summed E-state index contributed by atoms with van der Waals surface area (Å²) in [6, 6.07) is 12.3. The molecule has 0 spiro atoms. The van der Waals surface area contributed by atoms with Gasteiger partial charge in [0.05, 0.1) is 0 Å². The van der Waals surface area contributed by atoms with E-state index in [1.807, 2.05) is 63.2 Å². The number of nitrogens with one attached hydrogen (secondary N) is 2. The molecule has 0 radical (unpaired) electrons. The molecule has 1 aromatic heterocycles. The highest BCUT2D eigenvalue weighted by atomic mass is 16.2. The van der Waals surface area contributed by atoms with E-state index in [0.717, 1.165) is 11.1 Å². The third-order valence-corrected chi connectivity index (χ3v) is 4.83. The van der Waals surface area contributed by atoms with Gasteiger partial charge in [0, 0.05) is 36.1 Å². The zero-order valence-electron chi connectivity index (χ0n) is 19.6. The van der Waals surface area contributed by atoms with Crippen LogP contribution in [0.1, 0.15) is 57.4 Å². The molecule has 2 aromatic rings. The highest BCUT2D eigenvalue weighted by Gasteiger charge is 2.25. The third-order valence-electron chi connectivity index (χ3n) is 4.83. The first-order valence-corrected chi connectivity index (χ1v) is 11.0. The van der Waals surface area contributed by atoms with Gasteiger partial charge in [0.2, 0.25) is 17.7 Å². The lowest BCUT2D eigenvalue weighted by Crippen LogP contribution is -2.53. The largest absolute Gasteiger partial charge is 0.369 e. The Bertz CT molecular complexity index is 1020. The van der Waals surface area contributed by atoms with Crippen LogP contribution in [0.2, 0.25) is 0 Å². The van der Waals surface area contributed by atoms with Gasteiger partial charge in [0.25, 0.3) is 0 Å². The Balaban J connectivity index is 2.08. The molecule has 0 saturated heterocycles. The van der Waals surface area contributed by atoms with Gasteiger partial charge in [-0.05, 0) is 62.9 Å². The molecular weight excluding hydrogens is 416 g/mol. The van der Waals surface area contributed by atoms with Gasteiger partial charge in [-0.15, -0.1) is 0 Å². The fraction of sp³-hybridized carbons (Fsp3) is 0.385. The number of pyridine rings is 1. The molecule has 0 saturated carbocycles. The van der Waals surface area contributed by atoms with Gasteiger partial charge >= 0.3 is 0 Å². The average Bonchev–Trinajstić information content (AvgIpc) is 2.76. The van der Waals surface area contributed by atoms with Crippen LogP contribution in [0.25, 0.3) is 0 Å². The Hall–Kier alpha value is -3.66. The number of hydrogen-bond acceptors (Lipinski definition) is 4. The van der Waals surface area contributed by atoms with E-state index in [-0.39, 0.29) is 18.2 Å². The number of carbonyl (C=O) groups is 3. The van der Waals surface area contributed by atoms with Crippen molar-refractivity contribution in [1.82, 2.24) is 15.6 Å². The highest BCUT2D eigenvalue weighted by molar-refractivity contribution is 5.88. The van der Waals surface area contributed by atoms with Crippen molar-refractivity contribution in [3.63, 3.8) is 0 Å². The number of rotatable bonds is 8. The van der Waals surface area contributed by atoms with E-state index in [0.29, 0.717) is 18.5 Å². The molecule has 0 aliphatic heterocycles. The van der Waals surface area contributed by atoms with Crippen LogP contribution in [-0.4, -0.2) is 34.3 Å². The minimum Gasteiger partial charge on any atom is -0.369 e. The average molecular weight is 449 g/mol. The minimum atomic E-state index is -0.744. The number of carbonyl (C=O) groups excluding carboxylic acids is 3. The SMILES string of the molecule is CC(CCC(=O)NC(Cc1ccc(C#Cc2ccccn2)cc1)C(=O)NC(C)(C)C)C(N)=O. The summed E-state index contributed by atoms with van der Waals surface area (Å²) in [6.45, 7) is 7.33. The fourth-order valence-corrected chi connectivity index (χ4v) is 2.96. The number of aromatic nitrogens is 1. The summed E-state index contributed by atoms with van der Waals surface area (Å²) in [5.74, 6) is 4.66. The van der Waals surface area contributed by atoms with E-state index >= 15 is 0 Å².